The quantitative estimate of drug-likeness (QED) is 0.839. The van der Waals surface area contributed by atoms with Crippen LogP contribution in [0.3, 0.4) is 0 Å². The van der Waals surface area contributed by atoms with Crippen LogP contribution in [0.15, 0.2) is 0 Å². The molecule has 1 atom stereocenters. The Labute approximate surface area is 106 Å². The predicted octanol–water partition coefficient (Wildman–Crippen LogP) is 0.976. The molecule has 0 bridgehead atoms. The summed E-state index contributed by atoms with van der Waals surface area (Å²) in [6.45, 7) is 5.30. The molecule has 1 saturated heterocycles. The van der Waals surface area contributed by atoms with Crippen LogP contribution >= 0.6 is 0 Å². The number of anilines is 1. The van der Waals surface area contributed by atoms with Gasteiger partial charge in [0.05, 0.1) is 24.0 Å². The van der Waals surface area contributed by atoms with Gasteiger partial charge < -0.3 is 15.4 Å². The van der Waals surface area contributed by atoms with E-state index >= 15 is 0 Å². The Balaban J connectivity index is 2.18. The third kappa shape index (κ3) is 2.20. The number of amides is 1. The molecule has 1 amide bonds. The summed E-state index contributed by atoms with van der Waals surface area (Å²) in [5.74, 6) is 0.0744. The Bertz CT molecular complexity index is 435. The molecular formula is C12H20N4O2. The molecule has 0 radical (unpaired) electrons. The zero-order valence-electron chi connectivity index (χ0n) is 11.1. The van der Waals surface area contributed by atoms with Gasteiger partial charge in [0, 0.05) is 13.7 Å². The highest BCUT2D eigenvalue weighted by Gasteiger charge is 2.28. The maximum Gasteiger partial charge on any atom is 0.276 e. The van der Waals surface area contributed by atoms with Crippen molar-refractivity contribution < 1.29 is 9.53 Å². The fraction of sp³-hybridized carbons (Fsp3) is 0.667. The number of aromatic nitrogens is 2. The second-order valence-corrected chi connectivity index (χ2v) is 4.99. The largest absolute Gasteiger partial charge is 0.395 e. The monoisotopic (exact) mass is 252 g/mol. The van der Waals surface area contributed by atoms with E-state index < -0.39 is 0 Å². The molecule has 0 spiro atoms. The lowest BCUT2D eigenvalue weighted by Gasteiger charge is -2.22. The average molecular weight is 252 g/mol. The molecule has 100 valence electrons. The van der Waals surface area contributed by atoms with Crippen molar-refractivity contribution in [1.29, 1.82) is 0 Å². The highest BCUT2D eigenvalue weighted by molar-refractivity contribution is 5.97. The molecule has 3 N–H and O–H groups in total. The summed E-state index contributed by atoms with van der Waals surface area (Å²) < 4.78 is 5.28. The van der Waals surface area contributed by atoms with E-state index in [1.165, 1.54) is 0 Å². The van der Waals surface area contributed by atoms with Crippen molar-refractivity contribution in [1.82, 2.24) is 15.1 Å². The van der Waals surface area contributed by atoms with Gasteiger partial charge in [0.2, 0.25) is 0 Å². The topological polar surface area (TPSA) is 84.2 Å². The molecular weight excluding hydrogens is 232 g/mol. The standard InChI is InChI=1S/C12H20N4O2/c1-7(2)10-9(13)11(15-14-10)12(17)16(3)8-4-5-18-6-8/h7-8H,4-6,13H2,1-3H3,(H,14,15). The molecule has 18 heavy (non-hydrogen) atoms. The van der Waals surface area contributed by atoms with Crippen molar-refractivity contribution >= 4 is 11.6 Å². The summed E-state index contributed by atoms with van der Waals surface area (Å²) in [6, 6.07) is 0.121. The van der Waals surface area contributed by atoms with Crippen LogP contribution in [0, 0.1) is 0 Å². The van der Waals surface area contributed by atoms with Gasteiger partial charge in [0.15, 0.2) is 5.69 Å². The molecule has 2 rings (SSSR count). The van der Waals surface area contributed by atoms with Crippen LogP contribution in [0.1, 0.15) is 42.4 Å². The third-order valence-electron chi connectivity index (χ3n) is 3.39. The molecule has 1 unspecified atom stereocenters. The van der Waals surface area contributed by atoms with Crippen LogP contribution in [0.25, 0.3) is 0 Å². The van der Waals surface area contributed by atoms with Crippen molar-refractivity contribution in [3.63, 3.8) is 0 Å². The second kappa shape index (κ2) is 4.97. The Morgan fingerprint density at radius 2 is 2.33 bits per heavy atom. The number of carbonyl (C=O) groups excluding carboxylic acids is 1. The molecule has 6 heteroatoms. The van der Waals surface area contributed by atoms with Gasteiger partial charge in [-0.1, -0.05) is 13.8 Å². The number of ether oxygens (including phenoxy) is 1. The predicted molar refractivity (Wildman–Crippen MR) is 68.4 cm³/mol. The fourth-order valence-corrected chi connectivity index (χ4v) is 2.13. The minimum absolute atomic E-state index is 0.121. The molecule has 0 aromatic carbocycles. The number of rotatable bonds is 3. The molecule has 0 aliphatic carbocycles. The number of carbonyl (C=O) groups is 1. The number of nitrogen functional groups attached to an aromatic ring is 1. The Morgan fingerprint density at radius 3 is 2.83 bits per heavy atom. The van der Waals surface area contributed by atoms with E-state index in [2.05, 4.69) is 10.2 Å². The normalized spacial score (nSPS) is 19.4. The SMILES string of the molecule is CC(C)c1[nH]nc(C(=O)N(C)C2CCOC2)c1N. The lowest BCUT2D eigenvalue weighted by Crippen LogP contribution is -2.37. The van der Waals surface area contributed by atoms with Crippen molar-refractivity contribution in [2.45, 2.75) is 32.2 Å². The van der Waals surface area contributed by atoms with Crippen molar-refractivity contribution in [3.05, 3.63) is 11.4 Å². The molecule has 1 fully saturated rings. The molecule has 0 saturated carbocycles. The Hall–Kier alpha value is -1.56. The van der Waals surface area contributed by atoms with Crippen LogP contribution in [-0.4, -0.2) is 47.3 Å². The smallest absolute Gasteiger partial charge is 0.276 e. The van der Waals surface area contributed by atoms with Gasteiger partial charge in [0.1, 0.15) is 0 Å². The number of aromatic amines is 1. The van der Waals surface area contributed by atoms with E-state index in [4.69, 9.17) is 10.5 Å². The van der Waals surface area contributed by atoms with Crippen LogP contribution in [0.4, 0.5) is 5.69 Å². The molecule has 1 aliphatic rings. The fourth-order valence-electron chi connectivity index (χ4n) is 2.13. The van der Waals surface area contributed by atoms with E-state index in [1.54, 1.807) is 11.9 Å². The Morgan fingerprint density at radius 1 is 1.61 bits per heavy atom. The van der Waals surface area contributed by atoms with Crippen LogP contribution in [0.5, 0.6) is 0 Å². The highest BCUT2D eigenvalue weighted by Crippen LogP contribution is 2.24. The number of nitrogens with one attached hydrogen (secondary N) is 1. The van der Waals surface area contributed by atoms with Gasteiger partial charge in [0.25, 0.3) is 5.91 Å². The third-order valence-corrected chi connectivity index (χ3v) is 3.39. The summed E-state index contributed by atoms with van der Waals surface area (Å²) in [5.41, 5.74) is 7.56. The zero-order chi connectivity index (χ0) is 13.3. The summed E-state index contributed by atoms with van der Waals surface area (Å²) in [7, 11) is 1.77. The number of hydrogen-bond donors (Lipinski definition) is 2. The minimum atomic E-state index is -0.147. The molecule has 1 aliphatic heterocycles. The first-order valence-electron chi connectivity index (χ1n) is 6.21. The Kier molecular flexibility index (Phi) is 3.56. The lowest BCUT2D eigenvalue weighted by atomic mass is 10.1. The van der Waals surface area contributed by atoms with Gasteiger partial charge in [-0.3, -0.25) is 9.89 Å². The van der Waals surface area contributed by atoms with Gasteiger partial charge in [-0.15, -0.1) is 0 Å². The van der Waals surface area contributed by atoms with Gasteiger partial charge in [-0.2, -0.15) is 5.10 Å². The first-order chi connectivity index (χ1) is 8.52. The minimum Gasteiger partial charge on any atom is -0.395 e. The van der Waals surface area contributed by atoms with E-state index in [-0.39, 0.29) is 17.9 Å². The summed E-state index contributed by atoms with van der Waals surface area (Å²) in [5, 5.41) is 6.89. The average Bonchev–Trinajstić information content (AvgIpc) is 2.95. The van der Waals surface area contributed by atoms with E-state index in [1.807, 2.05) is 13.8 Å². The summed E-state index contributed by atoms with van der Waals surface area (Å²) in [6.07, 6.45) is 0.865. The number of H-pyrrole nitrogens is 1. The van der Waals surface area contributed by atoms with Gasteiger partial charge >= 0.3 is 0 Å². The number of nitrogens with two attached hydrogens (primary N) is 1. The highest BCUT2D eigenvalue weighted by atomic mass is 16.5. The molecule has 6 nitrogen and oxygen atoms in total. The second-order valence-electron chi connectivity index (χ2n) is 4.99. The summed E-state index contributed by atoms with van der Waals surface area (Å²) in [4.78, 5) is 14.0. The number of nitrogens with zero attached hydrogens (tertiary/aromatic N) is 2. The van der Waals surface area contributed by atoms with Crippen LogP contribution < -0.4 is 5.73 Å². The number of likely N-dealkylation sites (N-methyl/N-ethyl adjacent to an activating group) is 1. The van der Waals surface area contributed by atoms with E-state index in [0.29, 0.717) is 24.6 Å². The van der Waals surface area contributed by atoms with E-state index in [9.17, 15) is 4.79 Å². The van der Waals surface area contributed by atoms with Crippen molar-refractivity contribution in [2.75, 3.05) is 26.0 Å². The number of hydrogen-bond acceptors (Lipinski definition) is 4. The van der Waals surface area contributed by atoms with E-state index in [0.717, 1.165) is 12.1 Å². The lowest BCUT2D eigenvalue weighted by molar-refractivity contribution is 0.0706. The zero-order valence-corrected chi connectivity index (χ0v) is 11.1. The maximum absolute atomic E-state index is 12.3. The molecule has 2 heterocycles. The van der Waals surface area contributed by atoms with Crippen LogP contribution in [0.2, 0.25) is 0 Å². The van der Waals surface area contributed by atoms with Crippen molar-refractivity contribution in [2.24, 2.45) is 0 Å². The van der Waals surface area contributed by atoms with Crippen molar-refractivity contribution in [3.8, 4) is 0 Å². The van der Waals surface area contributed by atoms with Gasteiger partial charge in [-0.25, -0.2) is 0 Å². The first kappa shape index (κ1) is 12.9. The molecule has 1 aromatic heterocycles. The first-order valence-corrected chi connectivity index (χ1v) is 6.21. The van der Waals surface area contributed by atoms with Crippen LogP contribution in [-0.2, 0) is 4.74 Å². The maximum atomic E-state index is 12.3. The summed E-state index contributed by atoms with van der Waals surface area (Å²) >= 11 is 0. The van der Waals surface area contributed by atoms with Gasteiger partial charge in [-0.05, 0) is 12.3 Å². The molecule has 1 aromatic rings.